The van der Waals surface area contributed by atoms with Crippen LogP contribution in [0.1, 0.15) is 0 Å². The Labute approximate surface area is 179 Å². The third kappa shape index (κ3) is 4.00. The zero-order valence-corrected chi connectivity index (χ0v) is 16.9. The lowest BCUT2D eigenvalue weighted by Crippen LogP contribution is -2.46. The van der Waals surface area contributed by atoms with E-state index < -0.39 is 6.09 Å². The van der Waals surface area contributed by atoms with Gasteiger partial charge in [0.1, 0.15) is 17.4 Å². The predicted octanol–water partition coefficient (Wildman–Crippen LogP) is 3.41. The summed E-state index contributed by atoms with van der Waals surface area (Å²) in [7, 11) is 0. The number of imidazole rings is 1. The number of pyridine rings is 1. The summed E-state index contributed by atoms with van der Waals surface area (Å²) in [6.45, 7) is 3.78. The van der Waals surface area contributed by atoms with E-state index in [2.05, 4.69) is 55.1 Å². The van der Waals surface area contributed by atoms with E-state index in [1.165, 1.54) is 5.69 Å². The molecule has 8 nitrogen and oxygen atoms in total. The summed E-state index contributed by atoms with van der Waals surface area (Å²) in [5.74, 6) is 2.17. The fourth-order valence-electron chi connectivity index (χ4n) is 3.87. The summed E-state index contributed by atoms with van der Waals surface area (Å²) in [6, 6.07) is 19.6. The number of hydrogen-bond donors (Lipinski definition) is 2. The summed E-state index contributed by atoms with van der Waals surface area (Å²) in [5, 5.41) is 0. The zero-order valence-electron chi connectivity index (χ0n) is 16.9. The number of benzene rings is 2. The van der Waals surface area contributed by atoms with E-state index in [4.69, 9.17) is 10.5 Å². The van der Waals surface area contributed by atoms with Crippen LogP contribution in [0, 0.1) is 0 Å². The Morgan fingerprint density at radius 1 is 0.968 bits per heavy atom. The van der Waals surface area contributed by atoms with Crippen molar-refractivity contribution in [3.05, 3.63) is 66.9 Å². The van der Waals surface area contributed by atoms with Crippen LogP contribution in [0.3, 0.4) is 0 Å². The Balaban J connectivity index is 1.28. The molecule has 0 radical (unpaired) electrons. The number of amides is 1. The van der Waals surface area contributed by atoms with Crippen LogP contribution in [-0.2, 0) is 0 Å². The lowest BCUT2D eigenvalue weighted by Gasteiger charge is -2.36. The van der Waals surface area contributed by atoms with Crippen LogP contribution in [0.15, 0.2) is 66.9 Å². The number of hydrogen-bond acceptors (Lipinski definition) is 6. The second-order valence-electron chi connectivity index (χ2n) is 7.39. The van der Waals surface area contributed by atoms with Gasteiger partial charge in [0.25, 0.3) is 0 Å². The molecule has 2 aromatic carbocycles. The summed E-state index contributed by atoms with van der Waals surface area (Å²) in [4.78, 5) is 28.0. The van der Waals surface area contributed by atoms with Gasteiger partial charge in [-0.25, -0.2) is 14.8 Å². The maximum atomic E-state index is 10.9. The predicted molar refractivity (Wildman–Crippen MR) is 120 cm³/mol. The van der Waals surface area contributed by atoms with Crippen molar-refractivity contribution in [2.75, 3.05) is 36.0 Å². The average Bonchev–Trinajstić information content (AvgIpc) is 3.23. The Bertz CT molecular complexity index is 1200. The molecule has 0 atom stereocenters. The molecule has 1 fully saturated rings. The van der Waals surface area contributed by atoms with E-state index in [1.54, 1.807) is 12.1 Å². The molecule has 1 amide bonds. The number of nitrogens with two attached hydrogens (primary N) is 1. The van der Waals surface area contributed by atoms with Gasteiger partial charge in [0.15, 0.2) is 0 Å². The minimum absolute atomic E-state index is 0.373. The molecule has 8 heteroatoms. The van der Waals surface area contributed by atoms with Crippen LogP contribution in [0.25, 0.3) is 22.4 Å². The number of nitrogens with zero attached hydrogens (tertiary/aromatic N) is 4. The van der Waals surface area contributed by atoms with E-state index in [1.807, 2.05) is 24.4 Å². The Morgan fingerprint density at radius 2 is 1.74 bits per heavy atom. The van der Waals surface area contributed by atoms with Gasteiger partial charge in [-0.1, -0.05) is 6.07 Å². The third-order valence-electron chi connectivity index (χ3n) is 5.43. The van der Waals surface area contributed by atoms with E-state index in [0.29, 0.717) is 11.3 Å². The molecule has 1 aliphatic heterocycles. The lowest BCUT2D eigenvalue weighted by molar-refractivity contribution is 0.211. The van der Waals surface area contributed by atoms with Crippen molar-refractivity contribution >= 4 is 28.6 Å². The molecule has 31 heavy (non-hydrogen) atoms. The van der Waals surface area contributed by atoms with Gasteiger partial charge in [-0.05, 0) is 48.5 Å². The molecule has 0 aliphatic carbocycles. The van der Waals surface area contributed by atoms with Crippen LogP contribution in [0.5, 0.6) is 5.75 Å². The quantitative estimate of drug-likeness (QED) is 0.531. The molecule has 3 heterocycles. The van der Waals surface area contributed by atoms with Crippen molar-refractivity contribution in [3.8, 4) is 17.1 Å². The number of H-pyrrole nitrogens is 1. The summed E-state index contributed by atoms with van der Waals surface area (Å²) < 4.78 is 4.93. The number of anilines is 2. The molecular formula is C23H22N6O2. The fourth-order valence-corrected chi connectivity index (χ4v) is 3.87. The first-order valence-corrected chi connectivity index (χ1v) is 10.1. The monoisotopic (exact) mass is 414 g/mol. The topological polar surface area (TPSA) is 100 Å². The number of primary amides is 1. The zero-order chi connectivity index (χ0) is 21.2. The summed E-state index contributed by atoms with van der Waals surface area (Å²) in [6.07, 6.45) is 0.996. The van der Waals surface area contributed by atoms with Gasteiger partial charge < -0.3 is 25.3 Å². The van der Waals surface area contributed by atoms with Crippen LogP contribution >= 0.6 is 0 Å². The fraction of sp³-hybridized carbons (Fsp3) is 0.174. The molecule has 0 bridgehead atoms. The highest BCUT2D eigenvalue weighted by Gasteiger charge is 2.18. The van der Waals surface area contributed by atoms with Crippen molar-refractivity contribution in [3.63, 3.8) is 0 Å². The van der Waals surface area contributed by atoms with Gasteiger partial charge in [-0.2, -0.15) is 0 Å². The second-order valence-corrected chi connectivity index (χ2v) is 7.39. The normalized spacial score (nSPS) is 14.1. The van der Waals surface area contributed by atoms with Crippen molar-refractivity contribution in [1.82, 2.24) is 15.0 Å². The van der Waals surface area contributed by atoms with E-state index in [-0.39, 0.29) is 0 Å². The van der Waals surface area contributed by atoms with Gasteiger partial charge in [0.05, 0.1) is 11.0 Å². The molecule has 3 N–H and O–H groups in total. The molecule has 2 aromatic heterocycles. The number of piperazine rings is 1. The number of rotatable bonds is 4. The number of carbonyl (C=O) groups is 1. The smallest absolute Gasteiger partial charge is 0.409 e. The number of aromatic nitrogens is 3. The van der Waals surface area contributed by atoms with Crippen molar-refractivity contribution in [1.29, 1.82) is 0 Å². The molecule has 1 saturated heterocycles. The number of fused-ring (bicyclic) bond motifs is 1. The Kier molecular flexibility index (Phi) is 4.87. The van der Waals surface area contributed by atoms with E-state index >= 15 is 0 Å². The van der Waals surface area contributed by atoms with Crippen molar-refractivity contribution in [2.45, 2.75) is 0 Å². The second kappa shape index (κ2) is 7.98. The van der Waals surface area contributed by atoms with Crippen LogP contribution in [0.2, 0.25) is 0 Å². The minimum Gasteiger partial charge on any atom is -0.410 e. The van der Waals surface area contributed by atoms with Crippen molar-refractivity contribution in [2.24, 2.45) is 5.73 Å². The Morgan fingerprint density at radius 3 is 2.45 bits per heavy atom. The molecular weight excluding hydrogens is 392 g/mol. The molecule has 156 valence electrons. The highest BCUT2D eigenvalue weighted by Crippen LogP contribution is 2.26. The van der Waals surface area contributed by atoms with Crippen LogP contribution < -0.4 is 20.3 Å². The van der Waals surface area contributed by atoms with Gasteiger partial charge in [0, 0.05) is 49.7 Å². The first-order chi connectivity index (χ1) is 15.2. The van der Waals surface area contributed by atoms with Crippen LogP contribution in [-0.4, -0.2) is 47.2 Å². The SMILES string of the molecule is NC(=O)Oc1ccc2[nH]c(-c3ccc(N4CCN(c5ccccn5)CC4)cc3)nc2c1. The number of ether oxygens (including phenoxy) is 1. The molecule has 0 spiro atoms. The van der Waals surface area contributed by atoms with Gasteiger partial charge >= 0.3 is 6.09 Å². The summed E-state index contributed by atoms with van der Waals surface area (Å²) >= 11 is 0. The first kappa shape index (κ1) is 18.9. The van der Waals surface area contributed by atoms with E-state index in [0.717, 1.165) is 48.9 Å². The van der Waals surface area contributed by atoms with Gasteiger partial charge in [0.2, 0.25) is 0 Å². The first-order valence-electron chi connectivity index (χ1n) is 10.1. The van der Waals surface area contributed by atoms with Gasteiger partial charge in [-0.15, -0.1) is 0 Å². The molecule has 5 rings (SSSR count). The summed E-state index contributed by atoms with van der Waals surface area (Å²) in [5.41, 5.74) is 8.84. The highest BCUT2D eigenvalue weighted by atomic mass is 16.5. The molecule has 4 aromatic rings. The molecule has 1 aliphatic rings. The maximum absolute atomic E-state index is 10.9. The molecule has 0 saturated carbocycles. The van der Waals surface area contributed by atoms with Crippen LogP contribution in [0.4, 0.5) is 16.3 Å². The van der Waals surface area contributed by atoms with E-state index in [9.17, 15) is 4.79 Å². The Hall–Kier alpha value is -4.07. The lowest BCUT2D eigenvalue weighted by atomic mass is 10.1. The maximum Gasteiger partial charge on any atom is 0.409 e. The minimum atomic E-state index is -0.841. The molecule has 0 unspecified atom stereocenters. The van der Waals surface area contributed by atoms with Gasteiger partial charge in [-0.3, -0.25) is 0 Å². The van der Waals surface area contributed by atoms with Crippen molar-refractivity contribution < 1.29 is 9.53 Å². The number of aromatic amines is 1. The highest BCUT2D eigenvalue weighted by molar-refractivity contribution is 5.82. The average molecular weight is 414 g/mol. The number of nitrogens with one attached hydrogen (secondary N) is 1. The largest absolute Gasteiger partial charge is 0.410 e. The third-order valence-corrected chi connectivity index (χ3v) is 5.43. The standard InChI is InChI=1S/C23H22N6O2/c24-23(30)31-18-8-9-19-20(15-18)27-22(26-19)16-4-6-17(7-5-16)28-11-13-29(14-12-28)21-3-1-2-10-25-21/h1-10,15H,11-14H2,(H2,24,30)(H,26,27). The number of carbonyl (C=O) groups excluding carboxylic acids is 1.